The number of hydrogen-bond donors (Lipinski definition) is 1. The third-order valence-corrected chi connectivity index (χ3v) is 5.09. The van der Waals surface area contributed by atoms with E-state index < -0.39 is 0 Å². The van der Waals surface area contributed by atoms with Gasteiger partial charge in [0.1, 0.15) is 5.82 Å². The minimum Gasteiger partial charge on any atom is -0.342 e. The zero-order valence-corrected chi connectivity index (χ0v) is 14.5. The molecule has 4 rings (SSSR count). The molecule has 0 atom stereocenters. The molecule has 2 heterocycles. The summed E-state index contributed by atoms with van der Waals surface area (Å²) < 4.78 is 0. The first kappa shape index (κ1) is 15.9. The van der Waals surface area contributed by atoms with Crippen LogP contribution in [0, 0.1) is 6.92 Å². The summed E-state index contributed by atoms with van der Waals surface area (Å²) in [6, 6.07) is 16.3. The first-order valence-electron chi connectivity index (χ1n) is 8.97. The number of benzene rings is 2. The molecule has 1 amide bonds. The highest BCUT2D eigenvalue weighted by Gasteiger charge is 2.25. The molecular weight excluding hydrogens is 310 g/mol. The predicted octanol–water partition coefficient (Wildman–Crippen LogP) is 3.82. The molecule has 128 valence electrons. The molecule has 4 heteroatoms. The van der Waals surface area contributed by atoms with Gasteiger partial charge in [0.2, 0.25) is 5.91 Å². The van der Waals surface area contributed by atoms with E-state index in [1.165, 1.54) is 5.56 Å². The molecule has 1 aliphatic rings. The summed E-state index contributed by atoms with van der Waals surface area (Å²) in [6.07, 6.45) is 2.44. The van der Waals surface area contributed by atoms with Crippen molar-refractivity contribution in [2.75, 3.05) is 13.1 Å². The van der Waals surface area contributed by atoms with E-state index in [1.54, 1.807) is 0 Å². The summed E-state index contributed by atoms with van der Waals surface area (Å²) in [7, 11) is 0. The van der Waals surface area contributed by atoms with E-state index in [4.69, 9.17) is 4.98 Å². The molecule has 1 aliphatic heterocycles. The summed E-state index contributed by atoms with van der Waals surface area (Å²) >= 11 is 0. The Bertz CT molecular complexity index is 877. The summed E-state index contributed by atoms with van der Waals surface area (Å²) in [5, 5.41) is 0. The number of aryl methyl sites for hydroxylation is 1. The Kier molecular flexibility index (Phi) is 4.26. The van der Waals surface area contributed by atoms with Crippen LogP contribution in [-0.2, 0) is 11.2 Å². The second-order valence-corrected chi connectivity index (χ2v) is 6.96. The van der Waals surface area contributed by atoms with Crippen LogP contribution in [0.1, 0.15) is 35.7 Å². The molecule has 0 bridgehead atoms. The number of imidazole rings is 1. The van der Waals surface area contributed by atoms with Crippen LogP contribution in [0.15, 0.2) is 48.5 Å². The van der Waals surface area contributed by atoms with Crippen molar-refractivity contribution in [1.82, 2.24) is 14.9 Å². The summed E-state index contributed by atoms with van der Waals surface area (Å²) in [5.41, 5.74) is 4.46. The van der Waals surface area contributed by atoms with E-state index in [-0.39, 0.29) is 5.91 Å². The third kappa shape index (κ3) is 3.43. The molecule has 0 unspecified atom stereocenters. The van der Waals surface area contributed by atoms with Crippen LogP contribution in [-0.4, -0.2) is 33.9 Å². The Hall–Kier alpha value is -2.62. The Morgan fingerprint density at radius 2 is 1.92 bits per heavy atom. The molecule has 1 N–H and O–H groups in total. The Balaban J connectivity index is 1.39. The van der Waals surface area contributed by atoms with Gasteiger partial charge in [0.25, 0.3) is 0 Å². The molecule has 0 aliphatic carbocycles. The van der Waals surface area contributed by atoms with Crippen molar-refractivity contribution in [2.45, 2.75) is 32.1 Å². The maximum Gasteiger partial charge on any atom is 0.226 e. The van der Waals surface area contributed by atoms with Crippen molar-refractivity contribution >= 4 is 16.9 Å². The second-order valence-electron chi connectivity index (χ2n) is 6.96. The molecular formula is C21H23N3O. The summed E-state index contributed by atoms with van der Waals surface area (Å²) in [6.45, 7) is 3.72. The lowest BCUT2D eigenvalue weighted by molar-refractivity contribution is -0.131. The third-order valence-electron chi connectivity index (χ3n) is 5.09. The van der Waals surface area contributed by atoms with Gasteiger partial charge in [-0.3, -0.25) is 4.79 Å². The van der Waals surface area contributed by atoms with Crippen molar-refractivity contribution in [3.05, 3.63) is 65.5 Å². The van der Waals surface area contributed by atoms with Crippen LogP contribution < -0.4 is 0 Å². The zero-order chi connectivity index (χ0) is 17.2. The van der Waals surface area contributed by atoms with Crippen molar-refractivity contribution in [3.8, 4) is 0 Å². The fourth-order valence-electron chi connectivity index (χ4n) is 3.62. The van der Waals surface area contributed by atoms with Gasteiger partial charge in [-0.25, -0.2) is 4.98 Å². The number of carbonyl (C=O) groups excluding carboxylic acids is 1. The van der Waals surface area contributed by atoms with Crippen LogP contribution >= 0.6 is 0 Å². The molecule has 3 aromatic rings. The molecule has 1 aromatic heterocycles. The van der Waals surface area contributed by atoms with Gasteiger partial charge < -0.3 is 9.88 Å². The fourth-order valence-corrected chi connectivity index (χ4v) is 3.62. The molecule has 25 heavy (non-hydrogen) atoms. The van der Waals surface area contributed by atoms with Gasteiger partial charge in [0, 0.05) is 19.0 Å². The number of H-pyrrole nitrogens is 1. The van der Waals surface area contributed by atoms with Gasteiger partial charge >= 0.3 is 0 Å². The SMILES string of the molecule is Cc1ccc2nc(C3CCN(C(=O)Cc4ccccc4)CC3)[nH]c2c1. The first-order chi connectivity index (χ1) is 12.2. The van der Waals surface area contributed by atoms with E-state index in [9.17, 15) is 4.79 Å². The lowest BCUT2D eigenvalue weighted by atomic mass is 9.95. The van der Waals surface area contributed by atoms with Crippen molar-refractivity contribution < 1.29 is 4.79 Å². The molecule has 1 saturated heterocycles. The van der Waals surface area contributed by atoms with Gasteiger partial charge in [-0.15, -0.1) is 0 Å². The van der Waals surface area contributed by atoms with Crippen molar-refractivity contribution in [1.29, 1.82) is 0 Å². The van der Waals surface area contributed by atoms with Crippen LogP contribution in [0.4, 0.5) is 0 Å². The number of aromatic amines is 1. The number of amides is 1. The zero-order valence-electron chi connectivity index (χ0n) is 14.5. The molecule has 0 spiro atoms. The maximum atomic E-state index is 12.5. The summed E-state index contributed by atoms with van der Waals surface area (Å²) in [4.78, 5) is 22.7. The van der Waals surface area contributed by atoms with Gasteiger partial charge in [0.15, 0.2) is 0 Å². The molecule has 4 nitrogen and oxygen atoms in total. The molecule has 0 saturated carbocycles. The van der Waals surface area contributed by atoms with E-state index in [0.29, 0.717) is 12.3 Å². The standard InChI is InChI=1S/C21H23N3O/c1-15-7-8-18-19(13-15)23-21(22-18)17-9-11-24(12-10-17)20(25)14-16-5-3-2-4-6-16/h2-8,13,17H,9-12,14H2,1H3,(H,22,23). The Morgan fingerprint density at radius 3 is 2.68 bits per heavy atom. The van der Waals surface area contributed by atoms with E-state index in [1.807, 2.05) is 35.2 Å². The highest BCUT2D eigenvalue weighted by atomic mass is 16.2. The molecule has 0 radical (unpaired) electrons. The topological polar surface area (TPSA) is 49.0 Å². The van der Waals surface area contributed by atoms with E-state index in [0.717, 1.165) is 48.4 Å². The second kappa shape index (κ2) is 6.71. The highest BCUT2D eigenvalue weighted by Crippen LogP contribution is 2.28. The van der Waals surface area contributed by atoms with Gasteiger partial charge in [-0.1, -0.05) is 36.4 Å². The van der Waals surface area contributed by atoms with Gasteiger partial charge in [-0.05, 0) is 43.0 Å². The number of rotatable bonds is 3. The molecule has 1 fully saturated rings. The van der Waals surface area contributed by atoms with Crippen LogP contribution in [0.3, 0.4) is 0 Å². The average molecular weight is 333 g/mol. The first-order valence-corrected chi connectivity index (χ1v) is 8.97. The predicted molar refractivity (Wildman–Crippen MR) is 99.5 cm³/mol. The van der Waals surface area contributed by atoms with Gasteiger partial charge in [0.05, 0.1) is 17.5 Å². The quantitative estimate of drug-likeness (QED) is 0.792. The maximum absolute atomic E-state index is 12.5. The number of aromatic nitrogens is 2. The average Bonchev–Trinajstić information content (AvgIpc) is 3.06. The van der Waals surface area contributed by atoms with Crippen LogP contribution in [0.25, 0.3) is 11.0 Å². The Morgan fingerprint density at radius 1 is 1.16 bits per heavy atom. The van der Waals surface area contributed by atoms with Crippen molar-refractivity contribution in [3.63, 3.8) is 0 Å². The number of carbonyl (C=O) groups is 1. The highest BCUT2D eigenvalue weighted by molar-refractivity contribution is 5.79. The Labute approximate surface area is 147 Å². The summed E-state index contributed by atoms with van der Waals surface area (Å²) in [5.74, 6) is 1.70. The normalized spacial score (nSPS) is 15.6. The largest absolute Gasteiger partial charge is 0.342 e. The van der Waals surface area contributed by atoms with Crippen molar-refractivity contribution in [2.24, 2.45) is 0 Å². The minimum atomic E-state index is 0.227. The lowest BCUT2D eigenvalue weighted by Gasteiger charge is -2.31. The van der Waals surface area contributed by atoms with E-state index in [2.05, 4.69) is 30.1 Å². The van der Waals surface area contributed by atoms with E-state index >= 15 is 0 Å². The van der Waals surface area contributed by atoms with Crippen LogP contribution in [0.2, 0.25) is 0 Å². The van der Waals surface area contributed by atoms with Crippen LogP contribution in [0.5, 0.6) is 0 Å². The number of fused-ring (bicyclic) bond motifs is 1. The number of hydrogen-bond acceptors (Lipinski definition) is 2. The number of nitrogens with zero attached hydrogens (tertiary/aromatic N) is 2. The van der Waals surface area contributed by atoms with Gasteiger partial charge in [-0.2, -0.15) is 0 Å². The molecule has 2 aromatic carbocycles. The monoisotopic (exact) mass is 333 g/mol. The lowest BCUT2D eigenvalue weighted by Crippen LogP contribution is -2.38. The number of likely N-dealkylation sites (tertiary alicyclic amines) is 1. The minimum absolute atomic E-state index is 0.227. The fraction of sp³-hybridized carbons (Fsp3) is 0.333. The number of piperidine rings is 1. The number of nitrogens with one attached hydrogen (secondary N) is 1. The smallest absolute Gasteiger partial charge is 0.226 e.